The molecule has 31 heavy (non-hydrogen) atoms. The van der Waals surface area contributed by atoms with Crippen LogP contribution in [0.4, 0.5) is 0 Å². The standard InChI is InChI=1S/C21H26N6O2S2/c1-3-11-27-20(16-7-9-22-10-8-16)24-25-21(27)31-15-19(29)26(4-2)14-18(28)23-13-17-6-5-12-30-17/h5-10,12H,3-4,11,13-15H2,1-2H3,(H,23,28). The molecule has 3 aromatic heterocycles. The minimum absolute atomic E-state index is 0.0468. The van der Waals surface area contributed by atoms with Gasteiger partial charge in [-0.15, -0.1) is 21.5 Å². The molecule has 3 heterocycles. The molecule has 0 aromatic carbocycles. The second-order valence-corrected chi connectivity index (χ2v) is 8.72. The predicted octanol–water partition coefficient (Wildman–Crippen LogP) is 3.07. The molecule has 0 aliphatic heterocycles. The largest absolute Gasteiger partial charge is 0.350 e. The normalized spacial score (nSPS) is 10.8. The number of rotatable bonds is 11. The molecular formula is C21H26N6O2S2. The van der Waals surface area contributed by atoms with E-state index in [1.807, 2.05) is 41.1 Å². The molecule has 0 bridgehead atoms. The van der Waals surface area contributed by atoms with Crippen molar-refractivity contribution in [1.82, 2.24) is 30.0 Å². The molecule has 0 radical (unpaired) electrons. The second-order valence-electron chi connectivity index (χ2n) is 6.75. The van der Waals surface area contributed by atoms with Gasteiger partial charge in [-0.1, -0.05) is 24.8 Å². The fraction of sp³-hybridized carbons (Fsp3) is 0.381. The van der Waals surface area contributed by atoms with Gasteiger partial charge in [0.2, 0.25) is 11.8 Å². The quantitative estimate of drug-likeness (QED) is 0.444. The van der Waals surface area contributed by atoms with Gasteiger partial charge in [0.1, 0.15) is 0 Å². The minimum Gasteiger partial charge on any atom is -0.350 e. The van der Waals surface area contributed by atoms with Crippen LogP contribution in [0, 0.1) is 0 Å². The molecule has 0 saturated carbocycles. The van der Waals surface area contributed by atoms with E-state index in [1.165, 1.54) is 11.8 Å². The third kappa shape index (κ3) is 6.38. The van der Waals surface area contributed by atoms with E-state index in [-0.39, 0.29) is 24.1 Å². The Bertz CT molecular complexity index is 975. The monoisotopic (exact) mass is 458 g/mol. The minimum atomic E-state index is -0.164. The molecule has 0 aliphatic carbocycles. The molecule has 0 fully saturated rings. The number of aromatic nitrogens is 4. The highest BCUT2D eigenvalue weighted by Crippen LogP contribution is 2.24. The molecule has 8 nitrogen and oxygen atoms in total. The Morgan fingerprint density at radius 2 is 2.00 bits per heavy atom. The smallest absolute Gasteiger partial charge is 0.239 e. The number of likely N-dealkylation sites (N-methyl/N-ethyl adjacent to an activating group) is 1. The first-order valence-electron chi connectivity index (χ1n) is 10.2. The van der Waals surface area contributed by atoms with Crippen molar-refractivity contribution in [1.29, 1.82) is 0 Å². The Kier molecular flexibility index (Phi) is 8.60. The van der Waals surface area contributed by atoms with E-state index >= 15 is 0 Å². The zero-order valence-corrected chi connectivity index (χ0v) is 19.3. The van der Waals surface area contributed by atoms with Gasteiger partial charge in [0.15, 0.2) is 11.0 Å². The van der Waals surface area contributed by atoms with E-state index in [4.69, 9.17) is 0 Å². The van der Waals surface area contributed by atoms with Crippen molar-refractivity contribution < 1.29 is 9.59 Å². The van der Waals surface area contributed by atoms with Gasteiger partial charge in [0, 0.05) is 35.9 Å². The van der Waals surface area contributed by atoms with Crippen LogP contribution in [0.2, 0.25) is 0 Å². The number of nitrogens with one attached hydrogen (secondary N) is 1. The molecule has 1 N–H and O–H groups in total. The lowest BCUT2D eigenvalue weighted by atomic mass is 10.2. The van der Waals surface area contributed by atoms with Crippen LogP contribution in [-0.4, -0.2) is 55.3 Å². The number of carbonyl (C=O) groups excluding carboxylic acids is 2. The molecule has 0 atom stereocenters. The summed E-state index contributed by atoms with van der Waals surface area (Å²) in [5.41, 5.74) is 0.937. The Morgan fingerprint density at radius 3 is 2.68 bits per heavy atom. The zero-order chi connectivity index (χ0) is 22.1. The van der Waals surface area contributed by atoms with Gasteiger partial charge in [0.05, 0.1) is 18.8 Å². The number of pyridine rings is 1. The summed E-state index contributed by atoms with van der Waals surface area (Å²) in [6, 6.07) is 7.70. The first kappa shape index (κ1) is 23.0. The maximum absolute atomic E-state index is 12.7. The van der Waals surface area contributed by atoms with E-state index < -0.39 is 0 Å². The number of carbonyl (C=O) groups is 2. The summed E-state index contributed by atoms with van der Waals surface area (Å²) in [5.74, 6) is 0.696. The third-order valence-corrected chi connectivity index (χ3v) is 6.36. The first-order valence-corrected chi connectivity index (χ1v) is 12.0. The Balaban J connectivity index is 1.58. The number of hydrogen-bond donors (Lipinski definition) is 1. The Labute approximate surface area is 190 Å². The van der Waals surface area contributed by atoms with E-state index in [9.17, 15) is 9.59 Å². The third-order valence-electron chi connectivity index (χ3n) is 4.54. The molecule has 0 saturated heterocycles. The molecule has 3 rings (SSSR count). The Morgan fingerprint density at radius 1 is 1.19 bits per heavy atom. The summed E-state index contributed by atoms with van der Waals surface area (Å²) in [7, 11) is 0. The van der Waals surface area contributed by atoms with Gasteiger partial charge in [-0.25, -0.2) is 0 Å². The van der Waals surface area contributed by atoms with Crippen molar-refractivity contribution in [2.45, 2.75) is 38.5 Å². The van der Waals surface area contributed by atoms with E-state index in [0.717, 1.165) is 29.2 Å². The molecular weight excluding hydrogens is 432 g/mol. The van der Waals surface area contributed by atoms with Crippen molar-refractivity contribution in [3.05, 3.63) is 46.9 Å². The van der Waals surface area contributed by atoms with Crippen molar-refractivity contribution >= 4 is 34.9 Å². The molecule has 0 spiro atoms. The van der Waals surface area contributed by atoms with Crippen LogP contribution in [0.25, 0.3) is 11.4 Å². The van der Waals surface area contributed by atoms with Crippen LogP contribution in [-0.2, 0) is 22.7 Å². The van der Waals surface area contributed by atoms with Crippen LogP contribution in [0.3, 0.4) is 0 Å². The molecule has 164 valence electrons. The lowest BCUT2D eigenvalue weighted by Crippen LogP contribution is -2.41. The summed E-state index contributed by atoms with van der Waals surface area (Å²) in [4.78, 5) is 31.7. The average molecular weight is 459 g/mol. The number of nitrogens with zero attached hydrogens (tertiary/aromatic N) is 5. The highest BCUT2D eigenvalue weighted by atomic mass is 32.2. The average Bonchev–Trinajstić information content (AvgIpc) is 3.45. The summed E-state index contributed by atoms with van der Waals surface area (Å²) in [6.45, 7) is 5.71. The topological polar surface area (TPSA) is 93.0 Å². The summed E-state index contributed by atoms with van der Waals surface area (Å²) < 4.78 is 2.03. The molecule has 0 aliphatic rings. The lowest BCUT2D eigenvalue weighted by molar-refractivity contribution is -0.133. The fourth-order valence-corrected chi connectivity index (χ4v) is 4.47. The number of thioether (sulfide) groups is 1. The van der Waals surface area contributed by atoms with E-state index in [2.05, 4.69) is 27.4 Å². The first-order chi connectivity index (χ1) is 15.1. The van der Waals surface area contributed by atoms with Gasteiger partial charge >= 0.3 is 0 Å². The predicted molar refractivity (Wildman–Crippen MR) is 123 cm³/mol. The zero-order valence-electron chi connectivity index (χ0n) is 17.7. The van der Waals surface area contributed by atoms with Crippen LogP contribution in [0.15, 0.2) is 47.2 Å². The van der Waals surface area contributed by atoms with Crippen molar-refractivity contribution in [3.63, 3.8) is 0 Å². The number of amides is 2. The highest BCUT2D eigenvalue weighted by molar-refractivity contribution is 7.99. The fourth-order valence-electron chi connectivity index (χ4n) is 2.96. The lowest BCUT2D eigenvalue weighted by Gasteiger charge is -2.20. The van der Waals surface area contributed by atoms with Gasteiger partial charge < -0.3 is 14.8 Å². The second kappa shape index (κ2) is 11.6. The summed E-state index contributed by atoms with van der Waals surface area (Å²) in [5, 5.41) is 14.1. The van der Waals surface area contributed by atoms with Gasteiger partial charge in [-0.2, -0.15) is 0 Å². The van der Waals surface area contributed by atoms with Crippen molar-refractivity contribution in [2.24, 2.45) is 0 Å². The van der Waals surface area contributed by atoms with Crippen LogP contribution in [0.1, 0.15) is 25.1 Å². The van der Waals surface area contributed by atoms with Crippen molar-refractivity contribution in [2.75, 3.05) is 18.8 Å². The van der Waals surface area contributed by atoms with Gasteiger partial charge in [-0.05, 0) is 36.9 Å². The number of thiophene rings is 1. The maximum atomic E-state index is 12.7. The highest BCUT2D eigenvalue weighted by Gasteiger charge is 2.19. The summed E-state index contributed by atoms with van der Waals surface area (Å²) in [6.07, 6.45) is 4.36. The molecule has 2 amide bonds. The van der Waals surface area contributed by atoms with Crippen molar-refractivity contribution in [3.8, 4) is 11.4 Å². The summed E-state index contributed by atoms with van der Waals surface area (Å²) >= 11 is 2.94. The van der Waals surface area contributed by atoms with Crippen LogP contribution < -0.4 is 5.32 Å². The SMILES string of the molecule is CCCn1c(SCC(=O)N(CC)CC(=O)NCc2cccs2)nnc1-c1ccncc1. The molecule has 10 heteroatoms. The van der Waals surface area contributed by atoms with E-state index in [0.29, 0.717) is 18.2 Å². The maximum Gasteiger partial charge on any atom is 0.239 e. The van der Waals surface area contributed by atoms with Crippen LogP contribution in [0.5, 0.6) is 0 Å². The Hall–Kier alpha value is -2.72. The van der Waals surface area contributed by atoms with E-state index in [1.54, 1.807) is 28.6 Å². The van der Waals surface area contributed by atoms with Gasteiger partial charge in [-0.3, -0.25) is 14.6 Å². The van der Waals surface area contributed by atoms with Crippen LogP contribution >= 0.6 is 23.1 Å². The molecule has 3 aromatic rings. The number of hydrogen-bond acceptors (Lipinski definition) is 7. The van der Waals surface area contributed by atoms with Gasteiger partial charge in [0.25, 0.3) is 0 Å². The molecule has 0 unspecified atom stereocenters.